The number of nitrogens with one attached hydrogen (secondary N) is 3. The fourth-order valence-corrected chi connectivity index (χ4v) is 3.61. The molecule has 0 atom stereocenters. The lowest BCUT2D eigenvalue weighted by molar-refractivity contribution is 0.1000. The van der Waals surface area contributed by atoms with Gasteiger partial charge in [-0.05, 0) is 49.2 Å². The second kappa shape index (κ2) is 10.5. The van der Waals surface area contributed by atoms with Gasteiger partial charge in [-0.25, -0.2) is 17.8 Å². The quantitative estimate of drug-likeness (QED) is 0.339. The average Bonchev–Trinajstić information content (AvgIpc) is 2.78. The summed E-state index contributed by atoms with van der Waals surface area (Å²) in [5, 5.41) is 6.19. The molecule has 0 unspecified atom stereocenters. The lowest BCUT2D eigenvalue weighted by Crippen LogP contribution is -2.15. The van der Waals surface area contributed by atoms with Gasteiger partial charge in [0.15, 0.2) is 5.82 Å². The maximum atomic E-state index is 14.0. The Hall–Kier alpha value is -3.44. The van der Waals surface area contributed by atoms with Gasteiger partial charge in [0.2, 0.25) is 21.9 Å². The predicted octanol–water partition coefficient (Wildman–Crippen LogP) is 3.53. The molecule has 0 aliphatic heterocycles. The first-order valence-corrected chi connectivity index (χ1v) is 11.9. The summed E-state index contributed by atoms with van der Waals surface area (Å²) in [5.74, 6) is -0.693. The molecule has 0 saturated heterocycles. The van der Waals surface area contributed by atoms with Crippen LogP contribution in [0.5, 0.6) is 0 Å². The van der Waals surface area contributed by atoms with Gasteiger partial charge in [-0.3, -0.25) is 9.52 Å². The van der Waals surface area contributed by atoms with E-state index < -0.39 is 21.7 Å². The van der Waals surface area contributed by atoms with E-state index in [1.54, 1.807) is 24.3 Å². The summed E-state index contributed by atoms with van der Waals surface area (Å²) in [6, 6.07) is 10.6. The van der Waals surface area contributed by atoms with Gasteiger partial charge in [0.1, 0.15) is 10.8 Å². The van der Waals surface area contributed by atoms with Crippen LogP contribution < -0.4 is 21.1 Å². The van der Waals surface area contributed by atoms with Gasteiger partial charge in [0.25, 0.3) is 0 Å². The third-order valence-corrected chi connectivity index (χ3v) is 6.15. The van der Waals surface area contributed by atoms with Gasteiger partial charge in [0.05, 0.1) is 23.3 Å². The molecule has 1 amide bonds. The first kappa shape index (κ1) is 24.2. The van der Waals surface area contributed by atoms with Crippen LogP contribution >= 0.6 is 11.6 Å². The number of aromatic nitrogens is 2. The van der Waals surface area contributed by atoms with Crippen molar-refractivity contribution in [1.29, 1.82) is 0 Å². The highest BCUT2D eigenvalue weighted by Gasteiger charge is 2.13. The third kappa shape index (κ3) is 6.53. The van der Waals surface area contributed by atoms with Crippen LogP contribution in [0.15, 0.2) is 48.7 Å². The summed E-state index contributed by atoms with van der Waals surface area (Å²) >= 11 is 6.21. The van der Waals surface area contributed by atoms with E-state index in [0.717, 1.165) is 0 Å². The van der Waals surface area contributed by atoms with E-state index in [2.05, 4.69) is 25.3 Å². The maximum Gasteiger partial charge on any atom is 0.248 e. The molecule has 0 bridgehead atoms. The van der Waals surface area contributed by atoms with Crippen molar-refractivity contribution >= 4 is 50.7 Å². The molecule has 2 aromatic carbocycles. The molecule has 1 aromatic heterocycles. The maximum absolute atomic E-state index is 14.0. The van der Waals surface area contributed by atoms with Crippen LogP contribution in [0.25, 0.3) is 0 Å². The Kier molecular flexibility index (Phi) is 7.67. The number of halogens is 2. The first-order chi connectivity index (χ1) is 15.7. The number of nitrogens with zero attached hydrogens (tertiary/aromatic N) is 2. The largest absolute Gasteiger partial charge is 0.366 e. The smallest absolute Gasteiger partial charge is 0.248 e. The van der Waals surface area contributed by atoms with Crippen molar-refractivity contribution in [3.63, 3.8) is 0 Å². The minimum Gasteiger partial charge on any atom is -0.366 e. The summed E-state index contributed by atoms with van der Waals surface area (Å²) in [6.45, 7) is 1.81. The molecule has 0 spiro atoms. The summed E-state index contributed by atoms with van der Waals surface area (Å²) < 4.78 is 40.4. The fraction of sp³-hybridized carbons (Fsp3) is 0.190. The number of benzene rings is 2. The normalized spacial score (nSPS) is 11.1. The number of primary amides is 1. The average molecular weight is 493 g/mol. The lowest BCUT2D eigenvalue weighted by atomic mass is 10.1. The number of carbonyl (C=O) groups is 1. The van der Waals surface area contributed by atoms with Crippen LogP contribution in [0.1, 0.15) is 22.8 Å². The molecule has 5 N–H and O–H groups in total. The van der Waals surface area contributed by atoms with Crippen LogP contribution in [-0.2, 0) is 16.4 Å². The molecule has 0 saturated carbocycles. The molecule has 0 radical (unpaired) electrons. The molecule has 12 heteroatoms. The molecule has 0 aliphatic rings. The molecule has 1 heterocycles. The van der Waals surface area contributed by atoms with Crippen LogP contribution in [-0.4, -0.2) is 36.6 Å². The first-order valence-electron chi connectivity index (χ1n) is 9.89. The Bertz CT molecular complexity index is 1270. The summed E-state index contributed by atoms with van der Waals surface area (Å²) in [4.78, 5) is 19.7. The van der Waals surface area contributed by atoms with Gasteiger partial charge in [0, 0.05) is 12.1 Å². The highest BCUT2D eigenvalue weighted by molar-refractivity contribution is 7.92. The van der Waals surface area contributed by atoms with Gasteiger partial charge in [-0.2, -0.15) is 4.98 Å². The standard InChI is InChI=1S/C21H22ClFN6O3S/c1-2-33(31,32)29-18-6-4-3-5-17(18)27-20-15(22)12-26-21(28-20)25-10-9-13-11-14(19(24)30)7-8-16(13)23/h3-8,11-12,29H,2,9-10H2,1H3,(H2,24,30)(H2,25,26,27,28). The van der Waals surface area contributed by atoms with Crippen LogP contribution in [0.2, 0.25) is 5.02 Å². The third-order valence-electron chi connectivity index (χ3n) is 4.58. The number of amides is 1. The number of para-hydroxylation sites is 2. The van der Waals surface area contributed by atoms with Gasteiger partial charge in [-0.1, -0.05) is 23.7 Å². The van der Waals surface area contributed by atoms with Gasteiger partial charge < -0.3 is 16.4 Å². The molecular weight excluding hydrogens is 471 g/mol. The fourth-order valence-electron chi connectivity index (χ4n) is 2.82. The molecule has 0 fully saturated rings. The molecule has 0 aliphatic carbocycles. The number of carbonyl (C=O) groups excluding carboxylic acids is 1. The number of sulfonamides is 1. The second-order valence-corrected chi connectivity index (χ2v) is 9.33. The SMILES string of the molecule is CCS(=O)(=O)Nc1ccccc1Nc1nc(NCCc2cc(C(N)=O)ccc2F)ncc1Cl. The van der Waals surface area contributed by atoms with E-state index in [9.17, 15) is 17.6 Å². The monoisotopic (exact) mass is 492 g/mol. The van der Waals surface area contributed by atoms with E-state index >= 15 is 0 Å². The van der Waals surface area contributed by atoms with E-state index in [4.69, 9.17) is 17.3 Å². The molecular formula is C21H22ClFN6O3S. The highest BCUT2D eigenvalue weighted by atomic mass is 35.5. The number of anilines is 4. The van der Waals surface area contributed by atoms with E-state index in [1.807, 2.05) is 0 Å². The van der Waals surface area contributed by atoms with E-state index in [0.29, 0.717) is 16.9 Å². The van der Waals surface area contributed by atoms with Gasteiger partial charge >= 0.3 is 0 Å². The van der Waals surface area contributed by atoms with Crippen LogP contribution in [0.4, 0.5) is 27.5 Å². The number of hydrogen-bond donors (Lipinski definition) is 4. The highest BCUT2D eigenvalue weighted by Crippen LogP contribution is 2.29. The van der Waals surface area contributed by atoms with Crippen LogP contribution in [0, 0.1) is 5.82 Å². The van der Waals surface area contributed by atoms with Gasteiger partial charge in [-0.15, -0.1) is 0 Å². The van der Waals surface area contributed by atoms with Crippen molar-refractivity contribution in [2.75, 3.05) is 27.7 Å². The Labute approximate surface area is 195 Å². The topological polar surface area (TPSA) is 139 Å². The zero-order valence-electron chi connectivity index (χ0n) is 17.6. The molecule has 3 aromatic rings. The molecule has 174 valence electrons. The summed E-state index contributed by atoms with van der Waals surface area (Å²) in [6.07, 6.45) is 1.63. The second-order valence-electron chi connectivity index (χ2n) is 6.91. The number of nitrogens with two attached hydrogens (primary N) is 1. The number of hydrogen-bond acceptors (Lipinski definition) is 7. The molecule has 9 nitrogen and oxygen atoms in total. The van der Waals surface area contributed by atoms with Crippen molar-refractivity contribution in [2.24, 2.45) is 5.73 Å². The summed E-state index contributed by atoms with van der Waals surface area (Å²) in [5.41, 5.74) is 6.58. The molecule has 3 rings (SSSR count). The Morgan fingerprint density at radius 1 is 1.18 bits per heavy atom. The molecule has 33 heavy (non-hydrogen) atoms. The Morgan fingerprint density at radius 3 is 2.61 bits per heavy atom. The van der Waals surface area contributed by atoms with E-state index in [-0.39, 0.29) is 41.1 Å². The number of rotatable bonds is 10. The predicted molar refractivity (Wildman–Crippen MR) is 127 cm³/mol. The zero-order valence-corrected chi connectivity index (χ0v) is 19.2. The van der Waals surface area contributed by atoms with Crippen molar-refractivity contribution in [3.05, 3.63) is 70.6 Å². The van der Waals surface area contributed by atoms with Crippen molar-refractivity contribution in [1.82, 2.24) is 9.97 Å². The Balaban J connectivity index is 1.73. The van der Waals surface area contributed by atoms with Crippen LogP contribution in [0.3, 0.4) is 0 Å². The van der Waals surface area contributed by atoms with Crippen molar-refractivity contribution in [2.45, 2.75) is 13.3 Å². The lowest BCUT2D eigenvalue weighted by Gasteiger charge is -2.14. The zero-order chi connectivity index (χ0) is 24.0. The summed E-state index contributed by atoms with van der Waals surface area (Å²) in [7, 11) is -3.48. The van der Waals surface area contributed by atoms with Crippen molar-refractivity contribution in [3.8, 4) is 0 Å². The Morgan fingerprint density at radius 2 is 1.91 bits per heavy atom. The van der Waals surface area contributed by atoms with E-state index in [1.165, 1.54) is 31.3 Å². The minimum absolute atomic E-state index is 0.0768. The minimum atomic E-state index is -3.48. The van der Waals surface area contributed by atoms with Crippen molar-refractivity contribution < 1.29 is 17.6 Å².